The molecule has 148 valence electrons. The summed E-state index contributed by atoms with van der Waals surface area (Å²) in [6, 6.07) is 5.01. The molecule has 1 saturated heterocycles. The molecule has 0 atom stereocenters. The van der Waals surface area contributed by atoms with E-state index in [0.29, 0.717) is 0 Å². The van der Waals surface area contributed by atoms with Gasteiger partial charge in [-0.3, -0.25) is 4.90 Å². The van der Waals surface area contributed by atoms with Gasteiger partial charge in [-0.15, -0.1) is 0 Å². The Morgan fingerprint density at radius 2 is 1.86 bits per heavy atom. The highest BCUT2D eigenvalue weighted by molar-refractivity contribution is 7.90. The van der Waals surface area contributed by atoms with E-state index in [-0.39, 0.29) is 4.90 Å². The standard InChI is InChI=1S/C19H23N5O3S/c1-13-17(14(2)27-22-13)11-23-6-8-24(9-7-23)19-16-10-15(28(3,25)26)4-5-18(16)20-12-21-19/h4-5,10,12H,6-9,11H2,1-3H3. The first-order valence-electron chi connectivity index (χ1n) is 9.17. The van der Waals surface area contributed by atoms with E-state index in [1.807, 2.05) is 13.8 Å². The second kappa shape index (κ2) is 7.14. The molecule has 1 aromatic carbocycles. The third kappa shape index (κ3) is 3.59. The summed E-state index contributed by atoms with van der Waals surface area (Å²) in [4.78, 5) is 13.6. The van der Waals surface area contributed by atoms with Gasteiger partial charge in [0.05, 0.1) is 16.1 Å². The minimum absolute atomic E-state index is 0.285. The van der Waals surface area contributed by atoms with Gasteiger partial charge in [0.25, 0.3) is 0 Å². The van der Waals surface area contributed by atoms with Crippen molar-refractivity contribution in [1.29, 1.82) is 0 Å². The molecule has 8 nitrogen and oxygen atoms in total. The minimum Gasteiger partial charge on any atom is -0.361 e. The summed E-state index contributed by atoms with van der Waals surface area (Å²) in [5, 5.41) is 4.80. The molecule has 0 bridgehead atoms. The zero-order valence-electron chi connectivity index (χ0n) is 16.2. The fourth-order valence-electron chi connectivity index (χ4n) is 3.57. The molecular weight excluding hydrogens is 378 g/mol. The quantitative estimate of drug-likeness (QED) is 0.655. The summed E-state index contributed by atoms with van der Waals surface area (Å²) >= 11 is 0. The van der Waals surface area contributed by atoms with Gasteiger partial charge in [0, 0.05) is 49.9 Å². The normalized spacial score (nSPS) is 16.0. The van der Waals surface area contributed by atoms with Gasteiger partial charge in [-0.25, -0.2) is 18.4 Å². The summed E-state index contributed by atoms with van der Waals surface area (Å²) in [6.07, 6.45) is 2.75. The van der Waals surface area contributed by atoms with Crippen LogP contribution in [0.15, 0.2) is 33.9 Å². The number of rotatable bonds is 4. The Labute approximate surface area is 164 Å². The zero-order valence-corrected chi connectivity index (χ0v) is 17.0. The van der Waals surface area contributed by atoms with Crippen molar-refractivity contribution in [3.8, 4) is 0 Å². The van der Waals surface area contributed by atoms with Crippen molar-refractivity contribution in [3.05, 3.63) is 41.5 Å². The Balaban J connectivity index is 1.55. The van der Waals surface area contributed by atoms with Crippen LogP contribution < -0.4 is 4.90 Å². The molecule has 0 unspecified atom stereocenters. The number of anilines is 1. The lowest BCUT2D eigenvalue weighted by molar-refractivity contribution is 0.247. The largest absolute Gasteiger partial charge is 0.361 e. The highest BCUT2D eigenvalue weighted by atomic mass is 32.2. The number of benzene rings is 1. The van der Waals surface area contributed by atoms with Crippen LogP contribution in [0.3, 0.4) is 0 Å². The van der Waals surface area contributed by atoms with E-state index in [4.69, 9.17) is 4.52 Å². The molecule has 0 spiro atoms. The van der Waals surface area contributed by atoms with Gasteiger partial charge in [0.1, 0.15) is 17.9 Å². The third-order valence-corrected chi connectivity index (χ3v) is 6.36. The van der Waals surface area contributed by atoms with Crippen molar-refractivity contribution < 1.29 is 12.9 Å². The second-order valence-electron chi connectivity index (χ2n) is 7.21. The van der Waals surface area contributed by atoms with Crippen LogP contribution in [0.2, 0.25) is 0 Å². The Morgan fingerprint density at radius 3 is 2.50 bits per heavy atom. The predicted octanol–water partition coefficient (Wildman–Crippen LogP) is 1.96. The summed E-state index contributed by atoms with van der Waals surface area (Å²) in [7, 11) is -3.28. The van der Waals surface area contributed by atoms with Crippen molar-refractivity contribution >= 4 is 26.6 Å². The molecule has 3 aromatic rings. The summed E-state index contributed by atoms with van der Waals surface area (Å²) in [5.74, 6) is 1.66. The van der Waals surface area contributed by atoms with Crippen molar-refractivity contribution in [2.24, 2.45) is 0 Å². The second-order valence-corrected chi connectivity index (χ2v) is 9.23. The van der Waals surface area contributed by atoms with Gasteiger partial charge >= 0.3 is 0 Å². The molecule has 1 fully saturated rings. The highest BCUT2D eigenvalue weighted by Crippen LogP contribution is 2.27. The molecule has 1 aliphatic rings. The summed E-state index contributed by atoms with van der Waals surface area (Å²) in [6.45, 7) is 8.09. The van der Waals surface area contributed by atoms with E-state index < -0.39 is 9.84 Å². The molecule has 9 heteroatoms. The lowest BCUT2D eigenvalue weighted by Gasteiger charge is -2.35. The molecular formula is C19H23N5O3S. The van der Waals surface area contributed by atoms with Gasteiger partial charge in [-0.1, -0.05) is 5.16 Å². The molecule has 2 aromatic heterocycles. The van der Waals surface area contributed by atoms with Gasteiger partial charge in [-0.2, -0.15) is 0 Å². The van der Waals surface area contributed by atoms with E-state index in [1.54, 1.807) is 18.2 Å². The molecule has 28 heavy (non-hydrogen) atoms. The van der Waals surface area contributed by atoms with Crippen LogP contribution in [-0.2, 0) is 16.4 Å². The van der Waals surface area contributed by atoms with Crippen molar-refractivity contribution in [1.82, 2.24) is 20.0 Å². The van der Waals surface area contributed by atoms with Crippen molar-refractivity contribution in [2.45, 2.75) is 25.3 Å². The van der Waals surface area contributed by atoms with E-state index >= 15 is 0 Å². The smallest absolute Gasteiger partial charge is 0.175 e. The van der Waals surface area contributed by atoms with Crippen LogP contribution in [0.1, 0.15) is 17.0 Å². The van der Waals surface area contributed by atoms with E-state index in [1.165, 1.54) is 12.6 Å². The maximum Gasteiger partial charge on any atom is 0.175 e. The van der Waals surface area contributed by atoms with Crippen molar-refractivity contribution in [2.75, 3.05) is 37.3 Å². The maximum atomic E-state index is 11.9. The summed E-state index contributed by atoms with van der Waals surface area (Å²) in [5.41, 5.74) is 2.84. The first-order valence-corrected chi connectivity index (χ1v) is 11.1. The SMILES string of the molecule is Cc1noc(C)c1CN1CCN(c2ncnc3ccc(S(C)(=O)=O)cc23)CC1. The molecule has 0 amide bonds. The number of piperazine rings is 1. The fourth-order valence-corrected chi connectivity index (χ4v) is 4.22. The fraction of sp³-hybridized carbons (Fsp3) is 0.421. The van der Waals surface area contributed by atoms with Gasteiger partial charge in [-0.05, 0) is 32.0 Å². The highest BCUT2D eigenvalue weighted by Gasteiger charge is 2.22. The molecule has 0 saturated carbocycles. The molecule has 4 rings (SSSR count). The monoisotopic (exact) mass is 401 g/mol. The minimum atomic E-state index is -3.28. The van der Waals surface area contributed by atoms with Crippen LogP contribution in [0, 0.1) is 13.8 Å². The average Bonchev–Trinajstić information content (AvgIpc) is 2.99. The first-order chi connectivity index (χ1) is 13.3. The number of fused-ring (bicyclic) bond motifs is 1. The zero-order chi connectivity index (χ0) is 19.9. The molecule has 3 heterocycles. The predicted molar refractivity (Wildman–Crippen MR) is 106 cm³/mol. The Hall–Kier alpha value is -2.52. The summed E-state index contributed by atoms with van der Waals surface area (Å²) < 4.78 is 29.1. The van der Waals surface area contributed by atoms with Crippen molar-refractivity contribution in [3.63, 3.8) is 0 Å². The van der Waals surface area contributed by atoms with Gasteiger partial charge < -0.3 is 9.42 Å². The maximum absolute atomic E-state index is 11.9. The molecule has 0 aliphatic carbocycles. The number of hydrogen-bond acceptors (Lipinski definition) is 8. The first kappa shape index (κ1) is 18.8. The average molecular weight is 401 g/mol. The Kier molecular flexibility index (Phi) is 4.80. The number of sulfone groups is 1. The van der Waals surface area contributed by atoms with Crippen LogP contribution in [0.25, 0.3) is 10.9 Å². The van der Waals surface area contributed by atoms with E-state index in [9.17, 15) is 8.42 Å². The van der Waals surface area contributed by atoms with Crippen LogP contribution in [-0.4, -0.2) is 60.9 Å². The molecule has 0 radical (unpaired) electrons. The topological polar surface area (TPSA) is 92.4 Å². The lowest BCUT2D eigenvalue weighted by atomic mass is 10.1. The lowest BCUT2D eigenvalue weighted by Crippen LogP contribution is -2.46. The molecule has 1 aliphatic heterocycles. The Bertz CT molecular complexity index is 1100. The number of aromatic nitrogens is 3. The third-order valence-electron chi connectivity index (χ3n) is 5.25. The van der Waals surface area contributed by atoms with E-state index in [0.717, 1.165) is 66.5 Å². The Morgan fingerprint density at radius 1 is 1.11 bits per heavy atom. The molecule has 0 N–H and O–H groups in total. The number of aryl methyl sites for hydroxylation is 2. The van der Waals surface area contributed by atoms with Gasteiger partial charge in [0.2, 0.25) is 0 Å². The number of hydrogen-bond donors (Lipinski definition) is 0. The van der Waals surface area contributed by atoms with Crippen LogP contribution in [0.4, 0.5) is 5.82 Å². The van der Waals surface area contributed by atoms with Crippen LogP contribution >= 0.6 is 0 Å². The van der Waals surface area contributed by atoms with Crippen LogP contribution in [0.5, 0.6) is 0 Å². The number of nitrogens with zero attached hydrogens (tertiary/aromatic N) is 5. The van der Waals surface area contributed by atoms with E-state index in [2.05, 4.69) is 24.9 Å². The van der Waals surface area contributed by atoms with Gasteiger partial charge in [0.15, 0.2) is 9.84 Å².